The largest absolute Gasteiger partial charge is 0.379 e. The maximum Gasteiger partial charge on any atom is 0.293 e. The molecule has 0 bridgehead atoms. The molecular formula is C13H14N4O4. The van der Waals surface area contributed by atoms with Gasteiger partial charge in [0.25, 0.3) is 11.6 Å². The number of nitro groups is 1. The number of para-hydroxylation sites is 1. The molecule has 0 fully saturated rings. The minimum absolute atomic E-state index is 0.154. The first kappa shape index (κ1) is 14.5. The van der Waals surface area contributed by atoms with Gasteiger partial charge in [0.15, 0.2) is 0 Å². The number of carbonyl (C=O) groups is 1. The first-order valence-electron chi connectivity index (χ1n) is 6.29. The Morgan fingerprint density at radius 2 is 2.24 bits per heavy atom. The van der Waals surface area contributed by atoms with Crippen molar-refractivity contribution in [2.45, 2.75) is 13.8 Å². The van der Waals surface area contributed by atoms with Gasteiger partial charge in [-0.3, -0.25) is 20.2 Å². The van der Waals surface area contributed by atoms with Gasteiger partial charge in [0, 0.05) is 18.7 Å². The molecule has 8 heteroatoms. The van der Waals surface area contributed by atoms with Gasteiger partial charge in [-0.05, 0) is 19.9 Å². The molecule has 2 aromatic rings. The monoisotopic (exact) mass is 290 g/mol. The highest BCUT2D eigenvalue weighted by Gasteiger charge is 2.21. The van der Waals surface area contributed by atoms with Crippen LogP contribution < -0.4 is 10.6 Å². The van der Waals surface area contributed by atoms with Gasteiger partial charge in [0.1, 0.15) is 5.69 Å². The van der Waals surface area contributed by atoms with Gasteiger partial charge in [-0.25, -0.2) is 0 Å². The average Bonchev–Trinajstić information content (AvgIpc) is 2.84. The Hall–Kier alpha value is -2.90. The number of aryl methyl sites for hydroxylation is 1. The van der Waals surface area contributed by atoms with Gasteiger partial charge < -0.3 is 9.84 Å². The molecule has 0 radical (unpaired) electrons. The van der Waals surface area contributed by atoms with Crippen LogP contribution in [0, 0.1) is 17.0 Å². The summed E-state index contributed by atoms with van der Waals surface area (Å²) in [4.78, 5) is 22.7. The van der Waals surface area contributed by atoms with Crippen molar-refractivity contribution in [1.29, 1.82) is 0 Å². The van der Waals surface area contributed by atoms with Crippen LogP contribution in [0.4, 0.5) is 17.3 Å². The molecule has 1 heterocycles. The summed E-state index contributed by atoms with van der Waals surface area (Å²) >= 11 is 0. The molecule has 1 aromatic carbocycles. The number of anilines is 2. The fourth-order valence-electron chi connectivity index (χ4n) is 1.85. The number of aromatic nitrogens is 1. The predicted molar refractivity (Wildman–Crippen MR) is 76.5 cm³/mol. The quantitative estimate of drug-likeness (QED) is 0.646. The van der Waals surface area contributed by atoms with Crippen molar-refractivity contribution in [2.75, 3.05) is 17.2 Å². The second-order valence-electron chi connectivity index (χ2n) is 4.27. The maximum atomic E-state index is 12.2. The van der Waals surface area contributed by atoms with E-state index in [1.54, 1.807) is 19.9 Å². The van der Waals surface area contributed by atoms with E-state index < -0.39 is 10.8 Å². The van der Waals surface area contributed by atoms with Crippen LogP contribution in [-0.2, 0) is 0 Å². The molecule has 0 spiro atoms. The number of amides is 1. The number of nitro benzene ring substituents is 1. The van der Waals surface area contributed by atoms with E-state index >= 15 is 0 Å². The third kappa shape index (κ3) is 3.16. The smallest absolute Gasteiger partial charge is 0.293 e. The second-order valence-corrected chi connectivity index (χ2v) is 4.27. The van der Waals surface area contributed by atoms with E-state index in [1.807, 2.05) is 0 Å². The highest BCUT2D eigenvalue weighted by atomic mass is 16.6. The van der Waals surface area contributed by atoms with Crippen molar-refractivity contribution < 1.29 is 14.2 Å². The van der Waals surface area contributed by atoms with Gasteiger partial charge in [-0.2, -0.15) is 0 Å². The van der Waals surface area contributed by atoms with Gasteiger partial charge in [0.05, 0.1) is 16.2 Å². The Morgan fingerprint density at radius 3 is 2.81 bits per heavy atom. The van der Waals surface area contributed by atoms with Crippen molar-refractivity contribution in [2.24, 2.45) is 0 Å². The van der Waals surface area contributed by atoms with E-state index in [4.69, 9.17) is 4.52 Å². The third-order valence-electron chi connectivity index (χ3n) is 2.70. The first-order chi connectivity index (χ1) is 10.0. The van der Waals surface area contributed by atoms with E-state index in [0.29, 0.717) is 12.2 Å². The molecular weight excluding hydrogens is 276 g/mol. The molecule has 0 saturated heterocycles. The van der Waals surface area contributed by atoms with Crippen LogP contribution in [0.25, 0.3) is 0 Å². The van der Waals surface area contributed by atoms with Crippen molar-refractivity contribution >= 4 is 23.2 Å². The van der Waals surface area contributed by atoms with Gasteiger partial charge in [-0.15, -0.1) is 0 Å². The lowest BCUT2D eigenvalue weighted by molar-refractivity contribution is -0.384. The number of carbonyl (C=O) groups excluding carboxylic acids is 1. The summed E-state index contributed by atoms with van der Waals surface area (Å²) in [7, 11) is 0. The van der Waals surface area contributed by atoms with Crippen LogP contribution in [0.15, 0.2) is 28.8 Å². The van der Waals surface area contributed by atoms with Gasteiger partial charge >= 0.3 is 0 Å². The van der Waals surface area contributed by atoms with Gasteiger partial charge in [-0.1, -0.05) is 11.2 Å². The highest BCUT2D eigenvalue weighted by molar-refractivity contribution is 6.08. The molecule has 1 amide bonds. The lowest BCUT2D eigenvalue weighted by atomic mass is 10.1. The van der Waals surface area contributed by atoms with Crippen LogP contribution in [0.2, 0.25) is 0 Å². The summed E-state index contributed by atoms with van der Waals surface area (Å²) in [6.07, 6.45) is 0. The summed E-state index contributed by atoms with van der Waals surface area (Å²) in [6.45, 7) is 3.96. The molecule has 21 heavy (non-hydrogen) atoms. The van der Waals surface area contributed by atoms with Crippen molar-refractivity contribution in [3.8, 4) is 0 Å². The lowest BCUT2D eigenvalue weighted by Crippen LogP contribution is -2.15. The Morgan fingerprint density at radius 1 is 1.48 bits per heavy atom. The standard InChI is InChI=1S/C13H14N4O4/c1-3-14-12-9(5-4-6-10(12)17(19)20)13(18)15-11-7-8(2)16-21-11/h4-7,14H,3H2,1-2H3,(H,15,18). The van der Waals surface area contributed by atoms with Crippen LogP contribution in [-0.4, -0.2) is 22.5 Å². The van der Waals surface area contributed by atoms with Crippen molar-refractivity contribution in [3.63, 3.8) is 0 Å². The predicted octanol–water partition coefficient (Wildman–Crippen LogP) is 2.58. The molecule has 110 valence electrons. The Labute approximate surface area is 120 Å². The number of hydrogen-bond acceptors (Lipinski definition) is 6. The zero-order valence-electron chi connectivity index (χ0n) is 11.5. The Bertz CT molecular complexity index is 681. The van der Waals surface area contributed by atoms with Crippen molar-refractivity contribution in [3.05, 3.63) is 45.6 Å². The number of nitrogens with one attached hydrogen (secondary N) is 2. The molecule has 0 aliphatic rings. The summed E-state index contributed by atoms with van der Waals surface area (Å²) in [6, 6.07) is 5.86. The molecule has 0 atom stereocenters. The molecule has 2 rings (SSSR count). The Kier molecular flexibility index (Phi) is 4.17. The normalized spacial score (nSPS) is 10.2. The number of nitrogens with zero attached hydrogens (tertiary/aromatic N) is 2. The molecule has 0 saturated carbocycles. The highest BCUT2D eigenvalue weighted by Crippen LogP contribution is 2.28. The topological polar surface area (TPSA) is 110 Å². The van der Waals surface area contributed by atoms with Crippen LogP contribution >= 0.6 is 0 Å². The first-order valence-corrected chi connectivity index (χ1v) is 6.29. The molecule has 8 nitrogen and oxygen atoms in total. The van der Waals surface area contributed by atoms with Crippen molar-refractivity contribution in [1.82, 2.24) is 5.16 Å². The maximum absolute atomic E-state index is 12.2. The van der Waals surface area contributed by atoms with Crippen LogP contribution in [0.3, 0.4) is 0 Å². The molecule has 0 aliphatic carbocycles. The van der Waals surface area contributed by atoms with E-state index in [1.165, 1.54) is 18.2 Å². The number of hydrogen-bond donors (Lipinski definition) is 2. The fraction of sp³-hybridized carbons (Fsp3) is 0.231. The van der Waals surface area contributed by atoms with Crippen LogP contribution in [0.5, 0.6) is 0 Å². The zero-order chi connectivity index (χ0) is 15.4. The Balaban J connectivity index is 2.35. The lowest BCUT2D eigenvalue weighted by Gasteiger charge is -2.10. The SMILES string of the molecule is CCNc1c(C(=O)Nc2cc(C)no2)cccc1[N+](=O)[O-]. The second kappa shape index (κ2) is 6.04. The molecule has 1 aromatic heterocycles. The summed E-state index contributed by atoms with van der Waals surface area (Å²) in [5.74, 6) is -0.322. The van der Waals surface area contributed by atoms with E-state index in [-0.39, 0.29) is 22.8 Å². The third-order valence-corrected chi connectivity index (χ3v) is 2.70. The fourth-order valence-corrected chi connectivity index (χ4v) is 1.85. The minimum atomic E-state index is -0.534. The number of rotatable bonds is 5. The van der Waals surface area contributed by atoms with Crippen LogP contribution in [0.1, 0.15) is 23.0 Å². The summed E-state index contributed by atoms with van der Waals surface area (Å²) < 4.78 is 4.90. The minimum Gasteiger partial charge on any atom is -0.379 e. The molecule has 0 aliphatic heterocycles. The summed E-state index contributed by atoms with van der Waals surface area (Å²) in [5, 5.41) is 20.1. The zero-order valence-corrected chi connectivity index (χ0v) is 11.5. The number of benzene rings is 1. The molecule has 0 unspecified atom stereocenters. The average molecular weight is 290 g/mol. The van der Waals surface area contributed by atoms with E-state index in [2.05, 4.69) is 15.8 Å². The molecule has 2 N–H and O–H groups in total. The summed E-state index contributed by atoms with van der Waals surface area (Å²) in [5.41, 5.74) is 0.813. The van der Waals surface area contributed by atoms with E-state index in [0.717, 1.165) is 0 Å². The van der Waals surface area contributed by atoms with E-state index in [9.17, 15) is 14.9 Å². The van der Waals surface area contributed by atoms with Gasteiger partial charge in [0.2, 0.25) is 5.88 Å².